The van der Waals surface area contributed by atoms with Gasteiger partial charge in [-0.05, 0) is 0 Å². The number of pyridine rings is 1. The maximum absolute atomic E-state index is 11.0. The van der Waals surface area contributed by atoms with Crippen molar-refractivity contribution < 1.29 is 17.9 Å². The van der Waals surface area contributed by atoms with Gasteiger partial charge in [-0.3, -0.25) is 4.79 Å². The molecule has 2 N–H and O–H groups in total. The molecule has 0 bridgehead atoms. The Morgan fingerprint density at radius 1 is 1.57 bits per heavy atom. The molecule has 0 fully saturated rings. The van der Waals surface area contributed by atoms with E-state index in [0.29, 0.717) is 6.29 Å². The fraction of sp³-hybridized carbons (Fsp3) is 0.143. The van der Waals surface area contributed by atoms with Gasteiger partial charge in [-0.1, -0.05) is 0 Å². The molecule has 1 aromatic heterocycles. The molecular formula is C7H8N2O4S. The van der Waals surface area contributed by atoms with Gasteiger partial charge in [-0.25, -0.2) is 18.5 Å². The van der Waals surface area contributed by atoms with Crippen molar-refractivity contribution in [3.63, 3.8) is 0 Å². The van der Waals surface area contributed by atoms with Gasteiger partial charge in [-0.15, -0.1) is 0 Å². The molecule has 0 radical (unpaired) electrons. The van der Waals surface area contributed by atoms with Crippen molar-refractivity contribution in [2.24, 2.45) is 5.14 Å². The van der Waals surface area contributed by atoms with Crippen LogP contribution in [0.1, 0.15) is 10.4 Å². The van der Waals surface area contributed by atoms with E-state index in [1.54, 1.807) is 0 Å². The highest BCUT2D eigenvalue weighted by Crippen LogP contribution is 2.15. The van der Waals surface area contributed by atoms with Crippen LogP contribution in [0.15, 0.2) is 17.2 Å². The number of rotatable bonds is 3. The summed E-state index contributed by atoms with van der Waals surface area (Å²) in [5.74, 6) is 0.152. The van der Waals surface area contributed by atoms with Crippen LogP contribution >= 0.6 is 0 Å². The molecule has 76 valence electrons. The molecule has 0 spiro atoms. The second-order valence-corrected chi connectivity index (χ2v) is 3.96. The van der Waals surface area contributed by atoms with E-state index < -0.39 is 10.0 Å². The highest BCUT2D eigenvalue weighted by Gasteiger charge is 2.14. The number of aldehydes is 1. The quantitative estimate of drug-likeness (QED) is 0.690. The summed E-state index contributed by atoms with van der Waals surface area (Å²) in [5.41, 5.74) is -0.0700. The molecule has 0 atom stereocenters. The number of carbonyl (C=O) groups excluding carboxylic acids is 1. The number of sulfonamides is 1. The van der Waals surface area contributed by atoms with Crippen LogP contribution in [0.4, 0.5) is 0 Å². The second-order valence-electron chi connectivity index (χ2n) is 2.43. The highest BCUT2D eigenvalue weighted by molar-refractivity contribution is 7.89. The summed E-state index contributed by atoms with van der Waals surface area (Å²) < 4.78 is 26.6. The van der Waals surface area contributed by atoms with Crippen molar-refractivity contribution in [3.8, 4) is 5.88 Å². The second kappa shape index (κ2) is 3.72. The number of ether oxygens (including phenoxy) is 1. The summed E-state index contributed by atoms with van der Waals surface area (Å²) in [6, 6.07) is 1.20. The molecule has 1 rings (SSSR count). The number of primary sulfonamides is 1. The largest absolute Gasteiger partial charge is 0.481 e. The summed E-state index contributed by atoms with van der Waals surface area (Å²) in [7, 11) is -2.57. The minimum Gasteiger partial charge on any atom is -0.481 e. The van der Waals surface area contributed by atoms with Crippen molar-refractivity contribution in [3.05, 3.63) is 17.8 Å². The van der Waals surface area contributed by atoms with E-state index in [-0.39, 0.29) is 16.3 Å². The summed E-state index contributed by atoms with van der Waals surface area (Å²) in [6.45, 7) is 0. The molecule has 0 saturated heterocycles. The molecule has 7 heteroatoms. The van der Waals surface area contributed by atoms with Crippen molar-refractivity contribution in [1.29, 1.82) is 0 Å². The number of hydrogen-bond acceptors (Lipinski definition) is 5. The maximum atomic E-state index is 11.0. The van der Waals surface area contributed by atoms with Gasteiger partial charge in [0.1, 0.15) is 4.90 Å². The van der Waals surface area contributed by atoms with Crippen molar-refractivity contribution in [2.45, 2.75) is 4.90 Å². The third-order valence-electron chi connectivity index (χ3n) is 1.52. The molecule has 0 unspecified atom stereocenters. The van der Waals surface area contributed by atoms with E-state index in [1.807, 2.05) is 0 Å². The van der Waals surface area contributed by atoms with Crippen LogP contribution in [0, 0.1) is 0 Å². The monoisotopic (exact) mass is 216 g/mol. The number of nitrogens with zero attached hydrogens (tertiary/aromatic N) is 1. The van der Waals surface area contributed by atoms with E-state index in [2.05, 4.69) is 4.98 Å². The smallest absolute Gasteiger partial charge is 0.240 e. The predicted octanol–water partition coefficient (Wildman–Crippen LogP) is -0.450. The number of aromatic nitrogens is 1. The Bertz CT molecular complexity index is 455. The van der Waals surface area contributed by atoms with Crippen molar-refractivity contribution >= 4 is 16.3 Å². The SMILES string of the molecule is COc1cc(C=O)c(S(N)(=O)=O)cn1. The zero-order chi connectivity index (χ0) is 10.8. The van der Waals surface area contributed by atoms with Crippen molar-refractivity contribution in [2.75, 3.05) is 7.11 Å². The standard InChI is InChI=1S/C7H8N2O4S/c1-13-7-2-5(4-10)6(3-9-7)14(8,11)12/h2-4H,1H3,(H2,8,11,12). The first-order valence-electron chi connectivity index (χ1n) is 3.51. The summed E-state index contributed by atoms with van der Waals surface area (Å²) >= 11 is 0. The van der Waals surface area contributed by atoms with Gasteiger partial charge in [-0.2, -0.15) is 0 Å². The number of methoxy groups -OCH3 is 1. The van der Waals surface area contributed by atoms with E-state index in [4.69, 9.17) is 9.88 Å². The topological polar surface area (TPSA) is 99.4 Å². The van der Waals surface area contributed by atoms with Gasteiger partial charge in [0.25, 0.3) is 0 Å². The average Bonchev–Trinajstić information content (AvgIpc) is 2.15. The minimum atomic E-state index is -3.92. The Kier molecular flexibility index (Phi) is 2.82. The maximum Gasteiger partial charge on any atom is 0.240 e. The molecule has 1 aromatic rings. The molecule has 0 aliphatic rings. The Labute approximate surface area is 80.8 Å². The minimum absolute atomic E-state index is 0.0700. The average molecular weight is 216 g/mol. The number of nitrogens with two attached hydrogens (primary N) is 1. The molecule has 1 heterocycles. The summed E-state index contributed by atoms with van der Waals surface area (Å²) in [6.07, 6.45) is 1.36. The van der Waals surface area contributed by atoms with Crippen LogP contribution in [0.5, 0.6) is 5.88 Å². The van der Waals surface area contributed by atoms with E-state index in [1.165, 1.54) is 13.2 Å². The Morgan fingerprint density at radius 2 is 2.21 bits per heavy atom. The van der Waals surface area contributed by atoms with Crippen LogP contribution in [0.3, 0.4) is 0 Å². The molecular weight excluding hydrogens is 208 g/mol. The molecule has 0 aromatic carbocycles. The predicted molar refractivity (Wildman–Crippen MR) is 47.5 cm³/mol. The fourth-order valence-corrected chi connectivity index (χ4v) is 1.51. The van der Waals surface area contributed by atoms with E-state index >= 15 is 0 Å². The fourth-order valence-electron chi connectivity index (χ4n) is 0.880. The van der Waals surface area contributed by atoms with E-state index in [9.17, 15) is 13.2 Å². The summed E-state index contributed by atoms with van der Waals surface area (Å²) in [4.78, 5) is 13.9. The Hall–Kier alpha value is -1.47. The molecule has 0 aliphatic carbocycles. The first-order chi connectivity index (χ1) is 6.49. The summed E-state index contributed by atoms with van der Waals surface area (Å²) in [5, 5.41) is 4.86. The lowest BCUT2D eigenvalue weighted by molar-refractivity contribution is 0.112. The lowest BCUT2D eigenvalue weighted by atomic mass is 10.3. The third-order valence-corrected chi connectivity index (χ3v) is 2.47. The van der Waals surface area contributed by atoms with Crippen LogP contribution in [-0.2, 0) is 10.0 Å². The van der Waals surface area contributed by atoms with Crippen molar-refractivity contribution in [1.82, 2.24) is 4.98 Å². The highest BCUT2D eigenvalue weighted by atomic mass is 32.2. The van der Waals surface area contributed by atoms with Gasteiger partial charge in [0.2, 0.25) is 15.9 Å². The van der Waals surface area contributed by atoms with Crippen LogP contribution in [0.2, 0.25) is 0 Å². The van der Waals surface area contributed by atoms with Crippen LogP contribution in [-0.4, -0.2) is 26.8 Å². The molecule has 0 saturated carbocycles. The number of hydrogen-bond donors (Lipinski definition) is 1. The lowest BCUT2D eigenvalue weighted by Gasteiger charge is -2.03. The van der Waals surface area contributed by atoms with Gasteiger partial charge in [0.05, 0.1) is 13.3 Å². The van der Waals surface area contributed by atoms with Gasteiger partial charge in [0.15, 0.2) is 6.29 Å². The van der Waals surface area contributed by atoms with Crippen LogP contribution in [0.25, 0.3) is 0 Å². The zero-order valence-electron chi connectivity index (χ0n) is 7.30. The Morgan fingerprint density at radius 3 is 2.64 bits per heavy atom. The number of carbonyl (C=O) groups is 1. The first kappa shape index (κ1) is 10.6. The van der Waals surface area contributed by atoms with Crippen LogP contribution < -0.4 is 9.88 Å². The third kappa shape index (κ3) is 2.06. The zero-order valence-corrected chi connectivity index (χ0v) is 8.11. The molecule has 0 aliphatic heterocycles. The normalized spacial score (nSPS) is 11.0. The van der Waals surface area contributed by atoms with Gasteiger partial charge in [0, 0.05) is 11.6 Å². The van der Waals surface area contributed by atoms with E-state index in [0.717, 1.165) is 6.20 Å². The molecule has 0 amide bonds. The molecule has 14 heavy (non-hydrogen) atoms. The first-order valence-corrected chi connectivity index (χ1v) is 5.05. The van der Waals surface area contributed by atoms with Gasteiger partial charge < -0.3 is 4.74 Å². The Balaban J connectivity index is 3.40. The van der Waals surface area contributed by atoms with Gasteiger partial charge >= 0.3 is 0 Å². The lowest BCUT2D eigenvalue weighted by Crippen LogP contribution is -2.15. The molecule has 6 nitrogen and oxygen atoms in total.